The van der Waals surface area contributed by atoms with Crippen LogP contribution in [-0.2, 0) is 0 Å². The number of hydrogen-bond acceptors (Lipinski definition) is 5. The number of nitrogens with two attached hydrogens (primary N) is 1. The summed E-state index contributed by atoms with van der Waals surface area (Å²) in [5.41, 5.74) is 7.47. The zero-order chi connectivity index (χ0) is 14.7. The summed E-state index contributed by atoms with van der Waals surface area (Å²) in [4.78, 5) is 10.9. The molecule has 0 aliphatic heterocycles. The largest absolute Gasteiger partial charge is 0.355 e. The van der Waals surface area contributed by atoms with Gasteiger partial charge in [-0.1, -0.05) is 18.2 Å². The van der Waals surface area contributed by atoms with Crippen LogP contribution in [0, 0.1) is 0 Å². The highest BCUT2D eigenvalue weighted by atomic mass is 15.3. The number of nitrogens with zero attached hydrogens (tertiary/aromatic N) is 5. The highest BCUT2D eigenvalue weighted by Crippen LogP contribution is 2.24. The van der Waals surface area contributed by atoms with Gasteiger partial charge >= 0.3 is 0 Å². The van der Waals surface area contributed by atoms with Gasteiger partial charge in [0.2, 0.25) is 0 Å². The van der Waals surface area contributed by atoms with Gasteiger partial charge in [-0.15, -0.1) is 0 Å². The van der Waals surface area contributed by atoms with Crippen molar-refractivity contribution in [1.29, 1.82) is 0 Å². The van der Waals surface area contributed by atoms with Crippen LogP contribution in [0.25, 0.3) is 16.7 Å². The van der Waals surface area contributed by atoms with Crippen LogP contribution in [0.3, 0.4) is 0 Å². The number of anilines is 1. The average Bonchev–Trinajstić information content (AvgIpc) is 2.97. The zero-order valence-corrected chi connectivity index (χ0v) is 12.0. The van der Waals surface area contributed by atoms with E-state index >= 15 is 0 Å². The number of aromatic nitrogens is 4. The lowest BCUT2D eigenvalue weighted by molar-refractivity contribution is 0.804. The molecule has 2 heterocycles. The Morgan fingerprint density at radius 2 is 2.00 bits per heavy atom. The number of hydrogen-bond donors (Lipinski definition) is 1. The average molecular weight is 282 g/mol. The predicted octanol–water partition coefficient (Wildman–Crippen LogP) is 1.60. The fourth-order valence-corrected chi connectivity index (χ4v) is 2.41. The molecule has 0 bridgehead atoms. The van der Waals surface area contributed by atoms with Crippen LogP contribution in [0.2, 0.25) is 0 Å². The van der Waals surface area contributed by atoms with Gasteiger partial charge in [-0.25, -0.2) is 14.6 Å². The predicted molar refractivity (Wildman–Crippen MR) is 83.6 cm³/mol. The second-order valence-corrected chi connectivity index (χ2v) is 4.69. The molecule has 6 heteroatoms. The second-order valence-electron chi connectivity index (χ2n) is 4.69. The number of benzene rings is 1. The molecule has 2 N–H and O–H groups in total. The lowest BCUT2D eigenvalue weighted by Gasteiger charge is -2.21. The van der Waals surface area contributed by atoms with Crippen LogP contribution >= 0.6 is 0 Å². The van der Waals surface area contributed by atoms with Gasteiger partial charge in [0.1, 0.15) is 12.1 Å². The van der Waals surface area contributed by atoms with E-state index in [2.05, 4.69) is 26.9 Å². The summed E-state index contributed by atoms with van der Waals surface area (Å²) in [5, 5.41) is 5.40. The van der Waals surface area contributed by atoms with Crippen molar-refractivity contribution >= 4 is 16.9 Å². The zero-order valence-electron chi connectivity index (χ0n) is 12.0. The molecule has 0 amide bonds. The van der Waals surface area contributed by atoms with E-state index in [1.54, 1.807) is 6.33 Å². The molecule has 108 valence electrons. The van der Waals surface area contributed by atoms with Crippen molar-refractivity contribution in [3.63, 3.8) is 0 Å². The topological polar surface area (TPSA) is 72.9 Å². The summed E-state index contributed by atoms with van der Waals surface area (Å²) in [6.07, 6.45) is 3.40. The summed E-state index contributed by atoms with van der Waals surface area (Å²) in [6.45, 7) is 4.29. The van der Waals surface area contributed by atoms with Gasteiger partial charge < -0.3 is 10.6 Å². The Hall–Kier alpha value is -2.47. The maximum Gasteiger partial charge on any atom is 0.168 e. The molecule has 1 aromatic carbocycles. The summed E-state index contributed by atoms with van der Waals surface area (Å²) < 4.78 is 1.83. The van der Waals surface area contributed by atoms with Gasteiger partial charge in [-0.3, -0.25) is 0 Å². The van der Waals surface area contributed by atoms with Crippen LogP contribution in [0.15, 0.2) is 42.9 Å². The van der Waals surface area contributed by atoms with Crippen molar-refractivity contribution in [2.75, 3.05) is 24.5 Å². The molecule has 2 aromatic heterocycles. The fraction of sp³-hybridized carbons (Fsp3) is 0.267. The molecule has 3 aromatic rings. The van der Waals surface area contributed by atoms with Gasteiger partial charge in [0.15, 0.2) is 5.65 Å². The number of para-hydroxylation sites is 1. The molecule has 0 aliphatic carbocycles. The van der Waals surface area contributed by atoms with E-state index in [-0.39, 0.29) is 0 Å². The van der Waals surface area contributed by atoms with Crippen LogP contribution in [0.4, 0.5) is 5.82 Å². The molecular weight excluding hydrogens is 264 g/mol. The molecule has 0 atom stereocenters. The molecule has 0 saturated carbocycles. The molecule has 6 nitrogen and oxygen atoms in total. The molecule has 21 heavy (non-hydrogen) atoms. The van der Waals surface area contributed by atoms with Crippen molar-refractivity contribution in [2.24, 2.45) is 5.73 Å². The van der Waals surface area contributed by atoms with Crippen molar-refractivity contribution in [2.45, 2.75) is 6.92 Å². The molecule has 0 fully saturated rings. The molecule has 3 rings (SSSR count). The van der Waals surface area contributed by atoms with Crippen LogP contribution in [-0.4, -0.2) is 39.4 Å². The first-order chi connectivity index (χ1) is 10.3. The third-order valence-electron chi connectivity index (χ3n) is 3.43. The Morgan fingerprint density at radius 3 is 2.71 bits per heavy atom. The Morgan fingerprint density at radius 1 is 1.19 bits per heavy atom. The Bertz CT molecular complexity index is 721. The molecular formula is C15H18N6. The minimum atomic E-state index is 0.589. The van der Waals surface area contributed by atoms with Gasteiger partial charge in [0.25, 0.3) is 0 Å². The highest BCUT2D eigenvalue weighted by Gasteiger charge is 2.14. The first kappa shape index (κ1) is 13.5. The highest BCUT2D eigenvalue weighted by molar-refractivity contribution is 5.87. The normalized spacial score (nSPS) is 11.0. The van der Waals surface area contributed by atoms with E-state index in [0.717, 1.165) is 35.6 Å². The van der Waals surface area contributed by atoms with Crippen LogP contribution < -0.4 is 10.6 Å². The summed E-state index contributed by atoms with van der Waals surface area (Å²) in [7, 11) is 0. The van der Waals surface area contributed by atoms with E-state index in [1.807, 2.05) is 41.2 Å². The Kier molecular flexibility index (Phi) is 3.79. The molecule has 0 aliphatic rings. The first-order valence-electron chi connectivity index (χ1n) is 7.04. The minimum Gasteiger partial charge on any atom is -0.355 e. The second kappa shape index (κ2) is 5.88. The Balaban J connectivity index is 2.12. The van der Waals surface area contributed by atoms with Crippen molar-refractivity contribution < 1.29 is 0 Å². The number of rotatable bonds is 5. The smallest absolute Gasteiger partial charge is 0.168 e. The van der Waals surface area contributed by atoms with Crippen molar-refractivity contribution in [3.05, 3.63) is 42.9 Å². The number of likely N-dealkylation sites (N-methyl/N-ethyl adjacent to an activating group) is 1. The first-order valence-corrected chi connectivity index (χ1v) is 7.04. The van der Waals surface area contributed by atoms with E-state index in [4.69, 9.17) is 5.73 Å². The quantitative estimate of drug-likeness (QED) is 0.769. The van der Waals surface area contributed by atoms with Gasteiger partial charge in [0.05, 0.1) is 17.3 Å². The third-order valence-corrected chi connectivity index (χ3v) is 3.43. The monoisotopic (exact) mass is 282 g/mol. The van der Waals surface area contributed by atoms with Crippen molar-refractivity contribution in [3.8, 4) is 5.69 Å². The van der Waals surface area contributed by atoms with Gasteiger partial charge in [0, 0.05) is 19.6 Å². The lowest BCUT2D eigenvalue weighted by atomic mass is 10.3. The maximum absolute atomic E-state index is 5.68. The standard InChI is InChI=1S/C15H18N6/c1-2-20(9-8-16)14-13-10-19-21(15(13)18-11-17-14)12-6-4-3-5-7-12/h3-7,10-11H,2,8-9,16H2,1H3. The maximum atomic E-state index is 5.68. The minimum absolute atomic E-state index is 0.589. The van der Waals surface area contributed by atoms with E-state index < -0.39 is 0 Å². The van der Waals surface area contributed by atoms with E-state index in [1.165, 1.54) is 0 Å². The van der Waals surface area contributed by atoms with Crippen molar-refractivity contribution in [1.82, 2.24) is 19.7 Å². The number of fused-ring (bicyclic) bond motifs is 1. The lowest BCUT2D eigenvalue weighted by Crippen LogP contribution is -2.30. The molecule has 0 unspecified atom stereocenters. The van der Waals surface area contributed by atoms with E-state index in [9.17, 15) is 0 Å². The van der Waals surface area contributed by atoms with E-state index in [0.29, 0.717) is 6.54 Å². The third kappa shape index (κ3) is 2.45. The Labute approximate surface area is 123 Å². The molecule has 0 radical (unpaired) electrons. The summed E-state index contributed by atoms with van der Waals surface area (Å²) >= 11 is 0. The van der Waals surface area contributed by atoms with Crippen LogP contribution in [0.5, 0.6) is 0 Å². The fourth-order valence-electron chi connectivity index (χ4n) is 2.41. The summed E-state index contributed by atoms with van der Waals surface area (Å²) in [6, 6.07) is 9.96. The molecule has 0 spiro atoms. The van der Waals surface area contributed by atoms with Gasteiger partial charge in [-0.2, -0.15) is 5.10 Å². The molecule has 0 saturated heterocycles. The van der Waals surface area contributed by atoms with Gasteiger partial charge in [-0.05, 0) is 19.1 Å². The van der Waals surface area contributed by atoms with Crippen LogP contribution in [0.1, 0.15) is 6.92 Å². The SMILES string of the molecule is CCN(CCN)c1ncnc2c1cnn2-c1ccccc1. The summed E-state index contributed by atoms with van der Waals surface area (Å²) in [5.74, 6) is 0.884.